The summed E-state index contributed by atoms with van der Waals surface area (Å²) in [4.78, 5) is 15.0. The van der Waals surface area contributed by atoms with Crippen molar-refractivity contribution in [3.63, 3.8) is 0 Å². The molecule has 2 N–H and O–H groups in total. The summed E-state index contributed by atoms with van der Waals surface area (Å²) in [6.07, 6.45) is 4.59. The molecule has 0 spiro atoms. The van der Waals surface area contributed by atoms with Crippen LogP contribution in [0.15, 0.2) is 40.9 Å². The van der Waals surface area contributed by atoms with E-state index in [2.05, 4.69) is 15.4 Å². The second kappa shape index (κ2) is 8.75. The highest BCUT2D eigenvalue weighted by atomic mass is 16.5. The number of carbonyl (C=O) groups excluding carboxylic acids is 1. The van der Waals surface area contributed by atoms with Gasteiger partial charge in [0, 0.05) is 31.2 Å². The molecule has 1 amide bonds. The summed E-state index contributed by atoms with van der Waals surface area (Å²) in [5.74, 6) is 1.05. The van der Waals surface area contributed by atoms with Crippen LogP contribution < -0.4 is 10.1 Å². The Hall–Kier alpha value is -2.38. The number of hydrogen-bond acceptors (Lipinski definition) is 6. The van der Waals surface area contributed by atoms with Crippen LogP contribution in [-0.2, 0) is 6.61 Å². The summed E-state index contributed by atoms with van der Waals surface area (Å²) >= 11 is 0. The van der Waals surface area contributed by atoms with E-state index in [9.17, 15) is 9.90 Å². The number of piperidine rings is 1. The molecule has 0 bridgehead atoms. The number of nitrogens with one attached hydrogen (secondary N) is 1. The van der Waals surface area contributed by atoms with Crippen LogP contribution in [0.4, 0.5) is 0 Å². The van der Waals surface area contributed by atoms with E-state index < -0.39 is 0 Å². The maximum Gasteiger partial charge on any atom is 0.273 e. The number of ether oxygens (including phenoxy) is 1. The first-order valence-electron chi connectivity index (χ1n) is 10.1. The minimum Gasteiger partial charge on any atom is -0.486 e. The number of aliphatic hydroxyl groups is 1. The molecule has 2 aliphatic rings. The molecule has 2 aromatic rings. The van der Waals surface area contributed by atoms with Crippen molar-refractivity contribution in [3.05, 3.63) is 47.9 Å². The Morgan fingerprint density at radius 3 is 2.79 bits per heavy atom. The van der Waals surface area contributed by atoms with Crippen LogP contribution in [0.1, 0.15) is 48.4 Å². The van der Waals surface area contributed by atoms with Gasteiger partial charge in [-0.25, -0.2) is 0 Å². The molecule has 7 heteroatoms. The van der Waals surface area contributed by atoms with Crippen LogP contribution in [0.25, 0.3) is 0 Å². The summed E-state index contributed by atoms with van der Waals surface area (Å²) in [6, 6.07) is 11.5. The maximum absolute atomic E-state index is 12.6. The van der Waals surface area contributed by atoms with Gasteiger partial charge in [0.25, 0.3) is 5.91 Å². The fourth-order valence-corrected chi connectivity index (χ4v) is 4.16. The zero-order valence-corrected chi connectivity index (χ0v) is 15.9. The molecule has 0 radical (unpaired) electrons. The quantitative estimate of drug-likeness (QED) is 0.794. The second-order valence-corrected chi connectivity index (χ2v) is 7.63. The van der Waals surface area contributed by atoms with E-state index in [1.165, 1.54) is 0 Å². The molecule has 150 valence electrons. The van der Waals surface area contributed by atoms with Crippen molar-refractivity contribution in [1.82, 2.24) is 15.4 Å². The number of benzene rings is 1. The Bertz CT molecular complexity index is 771. The average Bonchev–Trinajstić information content (AvgIpc) is 3.37. The Morgan fingerprint density at radius 1 is 1.21 bits per heavy atom. The van der Waals surface area contributed by atoms with Crippen molar-refractivity contribution in [1.29, 1.82) is 0 Å². The van der Waals surface area contributed by atoms with Gasteiger partial charge in [0.15, 0.2) is 11.5 Å². The number of nitrogens with zero attached hydrogens (tertiary/aromatic N) is 2. The normalized spacial score (nSPS) is 23.6. The third-order valence-corrected chi connectivity index (χ3v) is 5.68. The van der Waals surface area contributed by atoms with Crippen molar-refractivity contribution in [2.45, 2.75) is 56.9 Å². The van der Waals surface area contributed by atoms with Gasteiger partial charge in [0.2, 0.25) is 0 Å². The monoisotopic (exact) mass is 385 g/mol. The molecule has 7 nitrogen and oxygen atoms in total. The second-order valence-electron chi connectivity index (χ2n) is 7.63. The summed E-state index contributed by atoms with van der Waals surface area (Å²) in [6.45, 7) is 2.01. The predicted octanol–water partition coefficient (Wildman–Crippen LogP) is 2.36. The largest absolute Gasteiger partial charge is 0.486 e. The first-order chi connectivity index (χ1) is 13.7. The molecule has 2 fully saturated rings. The predicted molar refractivity (Wildman–Crippen MR) is 103 cm³/mol. The fourth-order valence-electron chi connectivity index (χ4n) is 4.16. The molecule has 1 aliphatic heterocycles. The van der Waals surface area contributed by atoms with Crippen molar-refractivity contribution in [3.8, 4) is 5.75 Å². The lowest BCUT2D eigenvalue weighted by Crippen LogP contribution is -2.51. The molecule has 1 saturated carbocycles. The molecule has 1 saturated heterocycles. The molecule has 28 heavy (non-hydrogen) atoms. The van der Waals surface area contributed by atoms with Crippen LogP contribution in [-0.4, -0.2) is 52.3 Å². The van der Waals surface area contributed by atoms with Gasteiger partial charge < -0.3 is 19.7 Å². The Kier molecular flexibility index (Phi) is 5.92. The Balaban J connectivity index is 1.31. The number of aromatic nitrogens is 1. The lowest BCUT2D eigenvalue weighted by molar-refractivity contribution is 0.0535. The van der Waals surface area contributed by atoms with E-state index in [1.54, 1.807) is 6.07 Å². The first kappa shape index (κ1) is 19.0. The van der Waals surface area contributed by atoms with Crippen LogP contribution in [0.2, 0.25) is 0 Å². The van der Waals surface area contributed by atoms with E-state index in [0.29, 0.717) is 11.8 Å². The Morgan fingerprint density at radius 2 is 2.00 bits per heavy atom. The molecule has 1 aromatic heterocycles. The number of rotatable bonds is 6. The number of hydrogen-bond donors (Lipinski definition) is 2. The number of carbonyl (C=O) groups is 1. The highest BCUT2D eigenvalue weighted by Gasteiger charge is 2.35. The van der Waals surface area contributed by atoms with E-state index >= 15 is 0 Å². The smallest absolute Gasteiger partial charge is 0.273 e. The van der Waals surface area contributed by atoms with Crippen LogP contribution in [0, 0.1) is 0 Å². The van der Waals surface area contributed by atoms with Crippen LogP contribution >= 0.6 is 0 Å². The van der Waals surface area contributed by atoms with Gasteiger partial charge in [-0.3, -0.25) is 9.69 Å². The zero-order valence-electron chi connectivity index (χ0n) is 15.9. The highest BCUT2D eigenvalue weighted by molar-refractivity contribution is 5.92. The van der Waals surface area contributed by atoms with E-state index in [0.717, 1.165) is 50.9 Å². The van der Waals surface area contributed by atoms with E-state index in [1.807, 2.05) is 30.3 Å². The third-order valence-electron chi connectivity index (χ3n) is 5.68. The van der Waals surface area contributed by atoms with E-state index in [4.69, 9.17) is 9.26 Å². The SMILES string of the molecule is O=C(NC1CCCC1N1CCC(O)CC1)c1cc(COc2ccccc2)on1. The van der Waals surface area contributed by atoms with Gasteiger partial charge in [-0.1, -0.05) is 23.4 Å². The summed E-state index contributed by atoms with van der Waals surface area (Å²) in [7, 11) is 0. The number of likely N-dealkylation sites (tertiary alicyclic amines) is 1. The lowest BCUT2D eigenvalue weighted by atomic mass is 10.0. The fraction of sp³-hybridized carbons (Fsp3) is 0.524. The van der Waals surface area contributed by atoms with Crippen molar-refractivity contribution < 1.29 is 19.2 Å². The summed E-state index contributed by atoms with van der Waals surface area (Å²) < 4.78 is 10.9. The molecule has 2 heterocycles. The molecule has 1 aliphatic carbocycles. The molecule has 4 rings (SSSR count). The molecule has 2 atom stereocenters. The Labute approximate surface area is 164 Å². The summed E-state index contributed by atoms with van der Waals surface area (Å²) in [5.41, 5.74) is 0.284. The van der Waals surface area contributed by atoms with Crippen LogP contribution in [0.3, 0.4) is 0 Å². The molecule has 2 unspecified atom stereocenters. The van der Waals surface area contributed by atoms with Crippen molar-refractivity contribution >= 4 is 5.91 Å². The van der Waals surface area contributed by atoms with E-state index in [-0.39, 0.29) is 30.4 Å². The maximum atomic E-state index is 12.6. The zero-order chi connectivity index (χ0) is 19.3. The van der Waals surface area contributed by atoms with Crippen molar-refractivity contribution in [2.75, 3.05) is 13.1 Å². The minimum atomic E-state index is -0.205. The van der Waals surface area contributed by atoms with Gasteiger partial charge in [-0.05, 0) is 44.2 Å². The number of aliphatic hydroxyl groups excluding tert-OH is 1. The topological polar surface area (TPSA) is 87.8 Å². The molecular formula is C21H27N3O4. The molecule has 1 aromatic carbocycles. The van der Waals surface area contributed by atoms with Crippen LogP contribution in [0.5, 0.6) is 5.75 Å². The van der Waals surface area contributed by atoms with Crippen molar-refractivity contribution in [2.24, 2.45) is 0 Å². The summed E-state index contributed by atoms with van der Waals surface area (Å²) in [5, 5.41) is 16.8. The van der Waals surface area contributed by atoms with Gasteiger partial charge >= 0.3 is 0 Å². The number of para-hydroxylation sites is 1. The highest BCUT2D eigenvalue weighted by Crippen LogP contribution is 2.27. The third kappa shape index (κ3) is 4.54. The minimum absolute atomic E-state index is 0.114. The lowest BCUT2D eigenvalue weighted by Gasteiger charge is -2.37. The average molecular weight is 385 g/mol. The van der Waals surface area contributed by atoms with Gasteiger partial charge in [0.1, 0.15) is 12.4 Å². The molecular weight excluding hydrogens is 358 g/mol. The van der Waals surface area contributed by atoms with Gasteiger partial charge in [0.05, 0.1) is 6.10 Å². The number of amides is 1. The van der Waals surface area contributed by atoms with Gasteiger partial charge in [-0.2, -0.15) is 0 Å². The first-order valence-corrected chi connectivity index (χ1v) is 10.1. The van der Waals surface area contributed by atoms with Gasteiger partial charge in [-0.15, -0.1) is 0 Å². The standard InChI is InChI=1S/C21H27N3O4/c25-15-9-11-24(12-10-15)20-8-4-7-18(20)22-21(26)19-13-17(28-23-19)14-27-16-5-2-1-3-6-16/h1-3,5-6,13,15,18,20,25H,4,7-12,14H2,(H,22,26).